The molecular formula is C22H23F3N2O6. The molecule has 1 saturated heterocycles. The highest BCUT2D eigenvalue weighted by Crippen LogP contribution is 2.53. The summed E-state index contributed by atoms with van der Waals surface area (Å²) in [5.41, 5.74) is 0.853. The number of hydrogen-bond donors (Lipinski definition) is 1. The second-order valence-electron chi connectivity index (χ2n) is 8.55. The van der Waals surface area contributed by atoms with Crippen LogP contribution in [0.2, 0.25) is 0 Å². The minimum Gasteiger partial charge on any atom is -0.493 e. The summed E-state index contributed by atoms with van der Waals surface area (Å²) in [5.74, 6) is -0.587. The van der Waals surface area contributed by atoms with Crippen molar-refractivity contribution in [2.75, 3.05) is 25.3 Å². The van der Waals surface area contributed by atoms with Gasteiger partial charge in [-0.3, -0.25) is 19.2 Å². The molecule has 1 aromatic heterocycles. The summed E-state index contributed by atoms with van der Waals surface area (Å²) in [6, 6.07) is 4.66. The fourth-order valence-electron chi connectivity index (χ4n) is 4.48. The molecule has 1 fully saturated rings. The minimum absolute atomic E-state index is 0.0108. The van der Waals surface area contributed by atoms with Crippen LogP contribution < -0.4 is 19.9 Å². The van der Waals surface area contributed by atoms with Crippen LogP contribution in [0.15, 0.2) is 29.2 Å². The predicted octanol–water partition coefficient (Wildman–Crippen LogP) is 3.70. The summed E-state index contributed by atoms with van der Waals surface area (Å²) in [6.45, 7) is 3.49. The van der Waals surface area contributed by atoms with Gasteiger partial charge < -0.3 is 14.6 Å². The van der Waals surface area contributed by atoms with E-state index in [1.807, 2.05) is 18.9 Å². The van der Waals surface area contributed by atoms with Crippen LogP contribution in [0.5, 0.6) is 11.5 Å². The summed E-state index contributed by atoms with van der Waals surface area (Å²) in [4.78, 5) is 24.0. The molecule has 33 heavy (non-hydrogen) atoms. The average molecular weight is 468 g/mol. The number of carbonyl (C=O) groups is 1. The Labute approximate surface area is 187 Å². The lowest BCUT2D eigenvalue weighted by molar-refractivity contribution is -0.324. The van der Waals surface area contributed by atoms with Gasteiger partial charge in [0.2, 0.25) is 0 Å². The number of ether oxygens (including phenoxy) is 3. The number of rotatable bonds is 7. The van der Waals surface area contributed by atoms with Crippen LogP contribution in [0.25, 0.3) is 11.3 Å². The van der Waals surface area contributed by atoms with E-state index in [0.29, 0.717) is 22.8 Å². The van der Waals surface area contributed by atoms with E-state index in [9.17, 15) is 27.9 Å². The van der Waals surface area contributed by atoms with Crippen molar-refractivity contribution in [3.8, 4) is 22.8 Å². The Morgan fingerprint density at radius 3 is 2.55 bits per heavy atom. The predicted molar refractivity (Wildman–Crippen MR) is 111 cm³/mol. The van der Waals surface area contributed by atoms with Crippen molar-refractivity contribution >= 4 is 5.97 Å². The number of alkyl halides is 3. The van der Waals surface area contributed by atoms with Crippen molar-refractivity contribution in [3.05, 3.63) is 45.7 Å². The van der Waals surface area contributed by atoms with Crippen LogP contribution in [0.3, 0.4) is 0 Å². The van der Waals surface area contributed by atoms with E-state index in [1.54, 1.807) is 16.8 Å². The standard InChI is InChI=1S/C22H23F3N2O6/c1-21(2)10-16-13-8-19(32-5-4-6-33-22(23,24)25)18(31-3)7-12(13)15-9-17(28)14(20(29)30)11-26(15)27(16)21/h7-9,11,16H,4-6,10H2,1-3H3,(H,29,30)/t16-/m1/s1. The minimum atomic E-state index is -4.68. The Morgan fingerprint density at radius 1 is 1.21 bits per heavy atom. The molecule has 0 aliphatic carbocycles. The number of nitrogens with zero attached hydrogens (tertiary/aromatic N) is 2. The van der Waals surface area contributed by atoms with Gasteiger partial charge in [-0.15, -0.1) is 13.2 Å². The van der Waals surface area contributed by atoms with Crippen LogP contribution in [-0.2, 0) is 4.74 Å². The maximum atomic E-state index is 12.4. The van der Waals surface area contributed by atoms with E-state index in [0.717, 1.165) is 12.0 Å². The number of carboxylic acids is 1. The van der Waals surface area contributed by atoms with Gasteiger partial charge in [0, 0.05) is 24.2 Å². The third-order valence-electron chi connectivity index (χ3n) is 5.89. The fourth-order valence-corrected chi connectivity index (χ4v) is 4.48. The van der Waals surface area contributed by atoms with Crippen LogP contribution >= 0.6 is 0 Å². The van der Waals surface area contributed by atoms with Gasteiger partial charge in [-0.1, -0.05) is 0 Å². The van der Waals surface area contributed by atoms with Gasteiger partial charge >= 0.3 is 12.3 Å². The molecule has 0 unspecified atom stereocenters. The lowest BCUT2D eigenvalue weighted by Crippen LogP contribution is -2.65. The Hall–Kier alpha value is -3.21. The highest BCUT2D eigenvalue weighted by Gasteiger charge is 2.50. The van der Waals surface area contributed by atoms with Gasteiger partial charge in [0.15, 0.2) is 16.9 Å². The van der Waals surface area contributed by atoms with Crippen LogP contribution in [-0.4, -0.2) is 48.0 Å². The molecule has 1 aromatic carbocycles. The van der Waals surface area contributed by atoms with Gasteiger partial charge in [0.25, 0.3) is 0 Å². The van der Waals surface area contributed by atoms with E-state index in [1.165, 1.54) is 19.4 Å². The number of aromatic nitrogens is 1. The third-order valence-corrected chi connectivity index (χ3v) is 5.89. The summed E-state index contributed by atoms with van der Waals surface area (Å²) in [6.07, 6.45) is -2.55. The summed E-state index contributed by atoms with van der Waals surface area (Å²) in [7, 11) is 1.43. The number of hydrogen-bond acceptors (Lipinski definition) is 6. The number of halogens is 3. The monoisotopic (exact) mass is 468 g/mol. The largest absolute Gasteiger partial charge is 0.522 e. The summed E-state index contributed by atoms with van der Waals surface area (Å²) < 4.78 is 53.0. The highest BCUT2D eigenvalue weighted by atomic mass is 19.4. The lowest BCUT2D eigenvalue weighted by Gasteiger charge is -2.60. The molecule has 4 rings (SSSR count). The molecular weight excluding hydrogens is 445 g/mol. The van der Waals surface area contributed by atoms with Crippen molar-refractivity contribution < 1.29 is 37.3 Å². The fraction of sp³-hybridized carbons (Fsp3) is 0.455. The molecule has 2 aliphatic heterocycles. The lowest BCUT2D eigenvalue weighted by atomic mass is 9.76. The van der Waals surface area contributed by atoms with E-state index >= 15 is 0 Å². The van der Waals surface area contributed by atoms with E-state index in [4.69, 9.17) is 9.47 Å². The first-order chi connectivity index (χ1) is 15.4. The van der Waals surface area contributed by atoms with Gasteiger partial charge in [0.1, 0.15) is 5.56 Å². The van der Waals surface area contributed by atoms with Crippen LogP contribution in [0.1, 0.15) is 48.7 Å². The second kappa shape index (κ2) is 7.98. The molecule has 1 atom stereocenters. The smallest absolute Gasteiger partial charge is 0.493 e. The van der Waals surface area contributed by atoms with E-state index in [-0.39, 0.29) is 30.2 Å². The molecule has 0 radical (unpaired) electrons. The SMILES string of the molecule is COc1cc2c(cc1OCCCOC(F)(F)F)[C@H]1CC(C)(C)N1n1cc(C(=O)O)c(=O)cc1-2. The molecule has 178 valence electrons. The van der Waals surface area contributed by atoms with E-state index in [2.05, 4.69) is 4.74 Å². The number of fused-ring (bicyclic) bond motifs is 6. The van der Waals surface area contributed by atoms with Crippen molar-refractivity contribution in [2.45, 2.75) is 44.6 Å². The molecule has 0 saturated carbocycles. The number of aromatic carboxylic acids is 1. The highest BCUT2D eigenvalue weighted by molar-refractivity contribution is 5.88. The maximum absolute atomic E-state index is 12.4. The molecule has 0 spiro atoms. The number of benzene rings is 1. The van der Waals surface area contributed by atoms with E-state index < -0.39 is 24.4 Å². The maximum Gasteiger partial charge on any atom is 0.522 e. The molecule has 3 heterocycles. The second-order valence-corrected chi connectivity index (χ2v) is 8.55. The molecule has 0 amide bonds. The van der Waals surface area contributed by atoms with Crippen molar-refractivity contribution in [2.24, 2.45) is 0 Å². The Balaban J connectivity index is 1.70. The zero-order valence-corrected chi connectivity index (χ0v) is 18.2. The first kappa shape index (κ1) is 23.0. The molecule has 2 aromatic rings. The Morgan fingerprint density at radius 2 is 1.94 bits per heavy atom. The van der Waals surface area contributed by atoms with Crippen molar-refractivity contribution in [1.29, 1.82) is 0 Å². The Bertz CT molecular complexity index is 1160. The van der Waals surface area contributed by atoms with Crippen LogP contribution in [0, 0.1) is 0 Å². The topological polar surface area (TPSA) is 90.2 Å². The molecule has 0 bridgehead atoms. The van der Waals surface area contributed by atoms with Crippen LogP contribution in [0.4, 0.5) is 13.2 Å². The van der Waals surface area contributed by atoms with Crippen molar-refractivity contribution in [3.63, 3.8) is 0 Å². The van der Waals surface area contributed by atoms with Crippen molar-refractivity contribution in [1.82, 2.24) is 4.68 Å². The molecule has 2 aliphatic rings. The third kappa shape index (κ3) is 4.12. The van der Waals surface area contributed by atoms with Gasteiger partial charge in [-0.2, -0.15) is 0 Å². The molecule has 11 heteroatoms. The average Bonchev–Trinajstić information content (AvgIpc) is 2.71. The van der Waals surface area contributed by atoms with Gasteiger partial charge in [-0.05, 0) is 38.0 Å². The summed E-state index contributed by atoms with van der Waals surface area (Å²) in [5, 5.41) is 11.4. The zero-order chi connectivity index (χ0) is 24.1. The normalized spacial score (nSPS) is 18.0. The number of carboxylic acid groups (broad SMARTS) is 1. The summed E-state index contributed by atoms with van der Waals surface area (Å²) >= 11 is 0. The zero-order valence-electron chi connectivity index (χ0n) is 18.2. The Kier molecular flexibility index (Phi) is 5.55. The number of pyridine rings is 1. The molecule has 1 N–H and O–H groups in total. The first-order valence-electron chi connectivity index (χ1n) is 10.3. The quantitative estimate of drug-likeness (QED) is 0.620. The molecule has 8 nitrogen and oxygen atoms in total. The van der Waals surface area contributed by atoms with Gasteiger partial charge in [-0.25, -0.2) is 4.79 Å². The first-order valence-corrected chi connectivity index (χ1v) is 10.3. The number of methoxy groups -OCH3 is 1. The van der Waals surface area contributed by atoms with Gasteiger partial charge in [0.05, 0.1) is 37.6 Å².